The number of carboxylic acid groups (broad SMARTS) is 1. The maximum Gasteiger partial charge on any atom is 0.574 e. The highest BCUT2D eigenvalue weighted by atomic mass is 79.9. The lowest BCUT2D eigenvalue weighted by Gasteiger charge is -2.14. The summed E-state index contributed by atoms with van der Waals surface area (Å²) in [5.74, 6) is -2.94. The number of methoxy groups -OCH3 is 1. The lowest BCUT2D eigenvalue weighted by atomic mass is 10.1. The van der Waals surface area contributed by atoms with Gasteiger partial charge in [0.05, 0.1) is 7.11 Å². The molecule has 18 heavy (non-hydrogen) atoms. The molecule has 0 saturated heterocycles. The number of halogens is 4. The van der Waals surface area contributed by atoms with E-state index in [0.717, 1.165) is 13.3 Å². The smallest absolute Gasteiger partial charge is 0.491 e. The SMILES string of the molecule is COc1c(OC(F)(F)F)ncc(CBr)c1C(=O)O. The highest BCUT2D eigenvalue weighted by molar-refractivity contribution is 9.08. The van der Waals surface area contributed by atoms with Crippen LogP contribution in [0, 0.1) is 0 Å². The molecule has 0 amide bonds. The predicted octanol–water partition coefficient (Wildman–Crippen LogP) is 2.58. The third-order valence-corrected chi connectivity index (χ3v) is 2.46. The molecule has 0 atom stereocenters. The number of ether oxygens (including phenoxy) is 2. The third kappa shape index (κ3) is 3.25. The monoisotopic (exact) mass is 329 g/mol. The standard InChI is InChI=1S/C9H7BrF3NO4/c1-17-6-5(8(15)16)4(2-10)3-14-7(6)18-9(11,12)13/h3H,2H2,1H3,(H,15,16). The number of aromatic nitrogens is 1. The molecule has 9 heteroatoms. The van der Waals surface area contributed by atoms with Crippen LogP contribution in [0.2, 0.25) is 0 Å². The van der Waals surface area contributed by atoms with E-state index in [-0.39, 0.29) is 10.9 Å². The largest absolute Gasteiger partial charge is 0.574 e. The summed E-state index contributed by atoms with van der Waals surface area (Å²) in [6.07, 6.45) is -4.01. The molecule has 0 fully saturated rings. The fourth-order valence-electron chi connectivity index (χ4n) is 1.22. The average Bonchev–Trinajstić information content (AvgIpc) is 2.26. The lowest BCUT2D eigenvalue weighted by molar-refractivity contribution is -0.276. The molecule has 0 saturated carbocycles. The van der Waals surface area contributed by atoms with E-state index >= 15 is 0 Å². The molecule has 0 bridgehead atoms. The van der Waals surface area contributed by atoms with Crippen LogP contribution in [-0.2, 0) is 5.33 Å². The first kappa shape index (κ1) is 14.6. The van der Waals surface area contributed by atoms with E-state index in [4.69, 9.17) is 5.11 Å². The number of hydrogen-bond acceptors (Lipinski definition) is 4. The summed E-state index contributed by atoms with van der Waals surface area (Å²) in [4.78, 5) is 14.4. The fraction of sp³-hybridized carbons (Fsp3) is 0.333. The molecule has 100 valence electrons. The molecule has 0 radical (unpaired) electrons. The van der Waals surface area contributed by atoms with Gasteiger partial charge in [0.15, 0.2) is 5.75 Å². The molecule has 1 aromatic rings. The van der Waals surface area contributed by atoms with E-state index in [1.165, 1.54) is 0 Å². The fourth-order valence-corrected chi connectivity index (χ4v) is 1.65. The van der Waals surface area contributed by atoms with Gasteiger partial charge in [0.2, 0.25) is 0 Å². The van der Waals surface area contributed by atoms with Gasteiger partial charge in [-0.25, -0.2) is 9.78 Å². The Morgan fingerprint density at radius 3 is 2.56 bits per heavy atom. The van der Waals surface area contributed by atoms with Crippen molar-refractivity contribution >= 4 is 21.9 Å². The summed E-state index contributed by atoms with van der Waals surface area (Å²) < 4.78 is 44.5. The van der Waals surface area contributed by atoms with Crippen LogP contribution in [-0.4, -0.2) is 29.5 Å². The van der Waals surface area contributed by atoms with Crippen molar-refractivity contribution in [3.8, 4) is 11.6 Å². The zero-order valence-electron chi connectivity index (χ0n) is 8.92. The first-order chi connectivity index (χ1) is 8.30. The summed E-state index contributed by atoms with van der Waals surface area (Å²) >= 11 is 3.00. The van der Waals surface area contributed by atoms with Gasteiger partial charge in [-0.15, -0.1) is 13.2 Å². The maximum atomic E-state index is 12.1. The van der Waals surface area contributed by atoms with Crippen LogP contribution in [0.3, 0.4) is 0 Å². The van der Waals surface area contributed by atoms with E-state index in [9.17, 15) is 18.0 Å². The van der Waals surface area contributed by atoms with Crippen molar-refractivity contribution in [2.45, 2.75) is 11.7 Å². The topological polar surface area (TPSA) is 68.7 Å². The van der Waals surface area contributed by atoms with Crippen molar-refractivity contribution in [2.24, 2.45) is 0 Å². The Labute approximate surface area is 108 Å². The molecule has 0 spiro atoms. The van der Waals surface area contributed by atoms with Crippen molar-refractivity contribution in [1.29, 1.82) is 0 Å². The Hall–Kier alpha value is -1.51. The van der Waals surface area contributed by atoms with Gasteiger partial charge < -0.3 is 14.6 Å². The molecule has 0 aliphatic rings. The zero-order chi connectivity index (χ0) is 13.9. The molecule has 0 aliphatic carbocycles. The molecule has 0 aromatic carbocycles. The summed E-state index contributed by atoms with van der Waals surface area (Å²) in [6.45, 7) is 0. The first-order valence-corrected chi connectivity index (χ1v) is 5.53. The number of alkyl halides is 4. The molecule has 1 aromatic heterocycles. The second-order valence-electron chi connectivity index (χ2n) is 2.98. The van der Waals surface area contributed by atoms with Gasteiger partial charge in [-0.2, -0.15) is 0 Å². The summed E-state index contributed by atoms with van der Waals surface area (Å²) in [6, 6.07) is 0. The summed E-state index contributed by atoms with van der Waals surface area (Å²) in [5.41, 5.74) is -0.252. The number of rotatable bonds is 4. The van der Waals surface area contributed by atoms with Gasteiger partial charge in [0, 0.05) is 11.5 Å². The summed E-state index contributed by atoms with van der Waals surface area (Å²) in [7, 11) is 1.03. The average molecular weight is 330 g/mol. The number of carbonyl (C=O) groups is 1. The van der Waals surface area contributed by atoms with Crippen LogP contribution in [0.15, 0.2) is 6.20 Å². The molecular formula is C9H7BrF3NO4. The van der Waals surface area contributed by atoms with Crippen molar-refractivity contribution in [3.05, 3.63) is 17.3 Å². The Kier molecular flexibility index (Phi) is 4.38. The second kappa shape index (κ2) is 5.42. The molecule has 5 nitrogen and oxygen atoms in total. The second-order valence-corrected chi connectivity index (χ2v) is 3.54. The van der Waals surface area contributed by atoms with E-state index in [0.29, 0.717) is 0 Å². The van der Waals surface area contributed by atoms with Gasteiger partial charge in [0.25, 0.3) is 5.88 Å². The Morgan fingerprint density at radius 2 is 2.17 bits per heavy atom. The van der Waals surface area contributed by atoms with Crippen molar-refractivity contribution < 1.29 is 32.5 Å². The van der Waals surface area contributed by atoms with Gasteiger partial charge in [-0.05, 0) is 5.56 Å². The lowest BCUT2D eigenvalue weighted by Crippen LogP contribution is -2.19. The van der Waals surface area contributed by atoms with Gasteiger partial charge in [-0.1, -0.05) is 15.9 Å². The first-order valence-electron chi connectivity index (χ1n) is 4.41. The third-order valence-electron chi connectivity index (χ3n) is 1.85. The Balaban J connectivity index is 3.38. The van der Waals surface area contributed by atoms with Crippen LogP contribution in [0.1, 0.15) is 15.9 Å². The van der Waals surface area contributed by atoms with Gasteiger partial charge in [0.1, 0.15) is 5.56 Å². The normalized spacial score (nSPS) is 11.2. The zero-order valence-corrected chi connectivity index (χ0v) is 10.5. The minimum atomic E-state index is -4.98. The van der Waals surface area contributed by atoms with Crippen molar-refractivity contribution in [3.63, 3.8) is 0 Å². The molecule has 0 aliphatic heterocycles. The molecule has 1 heterocycles. The van der Waals surface area contributed by atoms with E-state index in [1.54, 1.807) is 0 Å². The van der Waals surface area contributed by atoms with Crippen molar-refractivity contribution in [1.82, 2.24) is 4.98 Å². The Bertz CT molecular complexity index is 464. The van der Waals surface area contributed by atoms with Crippen LogP contribution >= 0.6 is 15.9 Å². The van der Waals surface area contributed by atoms with E-state index in [1.807, 2.05) is 0 Å². The van der Waals surface area contributed by atoms with Crippen LogP contribution in [0.4, 0.5) is 13.2 Å². The number of pyridine rings is 1. The highest BCUT2D eigenvalue weighted by Gasteiger charge is 2.35. The van der Waals surface area contributed by atoms with Gasteiger partial charge >= 0.3 is 12.3 Å². The van der Waals surface area contributed by atoms with Crippen LogP contribution < -0.4 is 9.47 Å². The maximum absolute atomic E-state index is 12.1. The molecule has 1 rings (SSSR count). The molecule has 1 N–H and O–H groups in total. The van der Waals surface area contributed by atoms with E-state index in [2.05, 4.69) is 30.4 Å². The minimum absolute atomic E-state index is 0.101. The van der Waals surface area contributed by atoms with E-state index < -0.39 is 29.5 Å². The number of nitrogens with zero attached hydrogens (tertiary/aromatic N) is 1. The Morgan fingerprint density at radius 1 is 1.56 bits per heavy atom. The number of carboxylic acids is 1. The minimum Gasteiger partial charge on any atom is -0.491 e. The number of aromatic carboxylic acids is 1. The van der Waals surface area contributed by atoms with Crippen LogP contribution in [0.25, 0.3) is 0 Å². The van der Waals surface area contributed by atoms with Crippen molar-refractivity contribution in [2.75, 3.05) is 7.11 Å². The quantitative estimate of drug-likeness (QED) is 0.860. The highest BCUT2D eigenvalue weighted by Crippen LogP contribution is 2.35. The molecule has 0 unspecified atom stereocenters. The van der Waals surface area contributed by atoms with Gasteiger partial charge in [-0.3, -0.25) is 0 Å². The number of hydrogen-bond donors (Lipinski definition) is 1. The predicted molar refractivity (Wildman–Crippen MR) is 57.1 cm³/mol. The van der Waals surface area contributed by atoms with Crippen LogP contribution in [0.5, 0.6) is 11.6 Å². The summed E-state index contributed by atoms with van der Waals surface area (Å²) in [5, 5.41) is 9.07. The molecular weight excluding hydrogens is 323 g/mol.